The number of fused-ring (bicyclic) bond motifs is 1. The van der Waals surface area contributed by atoms with Gasteiger partial charge in [0.15, 0.2) is 0 Å². The van der Waals surface area contributed by atoms with Crippen molar-refractivity contribution in [3.05, 3.63) is 52.0 Å². The van der Waals surface area contributed by atoms with Gasteiger partial charge in [0.25, 0.3) is 11.8 Å². The monoisotopic (exact) mass is 244 g/mol. The lowest BCUT2D eigenvalue weighted by Gasteiger charge is -2.11. The second-order valence-corrected chi connectivity index (χ2v) is 4.68. The summed E-state index contributed by atoms with van der Waals surface area (Å²) < 4.78 is 0. The third kappa shape index (κ3) is 1.55. The quantitative estimate of drug-likeness (QED) is 0.758. The SMILES string of the molecule is O=C1c2ccccc2C(=O)N1Cc1cncs1. The van der Waals surface area contributed by atoms with Crippen molar-refractivity contribution in [3.8, 4) is 0 Å². The molecule has 1 aromatic heterocycles. The second-order valence-electron chi connectivity index (χ2n) is 3.71. The molecule has 4 nitrogen and oxygen atoms in total. The van der Waals surface area contributed by atoms with E-state index in [1.165, 1.54) is 16.2 Å². The van der Waals surface area contributed by atoms with E-state index in [-0.39, 0.29) is 11.8 Å². The Kier molecular flexibility index (Phi) is 2.26. The van der Waals surface area contributed by atoms with Crippen LogP contribution in [0.2, 0.25) is 0 Å². The number of carbonyl (C=O) groups excluding carboxylic acids is 2. The number of aromatic nitrogens is 1. The van der Waals surface area contributed by atoms with Gasteiger partial charge in [-0.05, 0) is 12.1 Å². The van der Waals surface area contributed by atoms with E-state index in [2.05, 4.69) is 4.98 Å². The lowest BCUT2D eigenvalue weighted by Crippen LogP contribution is -2.28. The molecule has 17 heavy (non-hydrogen) atoms. The molecule has 2 aromatic rings. The molecular weight excluding hydrogens is 236 g/mol. The molecule has 0 saturated carbocycles. The molecule has 0 spiro atoms. The van der Waals surface area contributed by atoms with E-state index in [9.17, 15) is 9.59 Å². The van der Waals surface area contributed by atoms with Crippen LogP contribution in [0.5, 0.6) is 0 Å². The van der Waals surface area contributed by atoms with Crippen LogP contribution in [0, 0.1) is 0 Å². The predicted molar refractivity (Wildman–Crippen MR) is 62.8 cm³/mol. The van der Waals surface area contributed by atoms with Gasteiger partial charge in [-0.3, -0.25) is 19.5 Å². The summed E-state index contributed by atoms with van der Waals surface area (Å²) in [5.74, 6) is -0.446. The van der Waals surface area contributed by atoms with Crippen molar-refractivity contribution in [2.75, 3.05) is 0 Å². The van der Waals surface area contributed by atoms with Gasteiger partial charge in [0, 0.05) is 11.1 Å². The van der Waals surface area contributed by atoms with Gasteiger partial charge in [-0.2, -0.15) is 0 Å². The summed E-state index contributed by atoms with van der Waals surface area (Å²) in [7, 11) is 0. The zero-order chi connectivity index (χ0) is 11.8. The molecule has 0 fully saturated rings. The molecule has 2 heterocycles. The standard InChI is InChI=1S/C12H8N2O2S/c15-11-9-3-1-2-4-10(9)12(16)14(11)6-8-5-13-7-17-8/h1-5,7H,6H2. The first-order chi connectivity index (χ1) is 8.27. The molecule has 84 valence electrons. The van der Waals surface area contributed by atoms with E-state index in [4.69, 9.17) is 0 Å². The first-order valence-corrected chi connectivity index (χ1v) is 5.98. The molecule has 0 saturated heterocycles. The first kappa shape index (κ1) is 10.2. The summed E-state index contributed by atoms with van der Waals surface area (Å²) in [5, 5.41) is 0. The number of hydrogen-bond donors (Lipinski definition) is 0. The highest BCUT2D eigenvalue weighted by Crippen LogP contribution is 2.24. The molecule has 0 radical (unpaired) electrons. The topological polar surface area (TPSA) is 50.3 Å². The van der Waals surface area contributed by atoms with Crippen LogP contribution in [0.15, 0.2) is 36.0 Å². The number of carbonyl (C=O) groups is 2. The fourth-order valence-corrected chi connectivity index (χ4v) is 2.44. The Morgan fingerprint density at radius 1 is 1.12 bits per heavy atom. The van der Waals surface area contributed by atoms with Crippen LogP contribution >= 0.6 is 11.3 Å². The number of thiazole rings is 1. The van der Waals surface area contributed by atoms with Crippen LogP contribution in [0.1, 0.15) is 25.6 Å². The maximum Gasteiger partial charge on any atom is 0.261 e. The van der Waals surface area contributed by atoms with Crippen LogP contribution in [-0.4, -0.2) is 21.7 Å². The van der Waals surface area contributed by atoms with Crippen LogP contribution in [-0.2, 0) is 6.54 Å². The van der Waals surface area contributed by atoms with Crippen molar-refractivity contribution in [2.24, 2.45) is 0 Å². The molecule has 0 atom stereocenters. The maximum absolute atomic E-state index is 12.0. The van der Waals surface area contributed by atoms with Crippen molar-refractivity contribution in [1.29, 1.82) is 0 Å². The number of imide groups is 1. The third-order valence-corrected chi connectivity index (χ3v) is 3.44. The number of amides is 2. The summed E-state index contributed by atoms with van der Waals surface area (Å²) in [5.41, 5.74) is 2.66. The van der Waals surface area contributed by atoms with Gasteiger partial charge >= 0.3 is 0 Å². The van der Waals surface area contributed by atoms with E-state index in [1.807, 2.05) is 0 Å². The van der Waals surface area contributed by atoms with Gasteiger partial charge in [0.1, 0.15) is 0 Å². The Labute approximate surface area is 102 Å². The smallest absolute Gasteiger partial charge is 0.261 e. The lowest BCUT2D eigenvalue weighted by molar-refractivity contribution is 0.0644. The summed E-state index contributed by atoms with van der Waals surface area (Å²) in [6, 6.07) is 6.89. The highest BCUT2D eigenvalue weighted by atomic mass is 32.1. The second kappa shape index (κ2) is 3.78. The van der Waals surface area contributed by atoms with Crippen molar-refractivity contribution in [2.45, 2.75) is 6.54 Å². The zero-order valence-electron chi connectivity index (χ0n) is 8.79. The Hall–Kier alpha value is -2.01. The van der Waals surface area contributed by atoms with Crippen LogP contribution < -0.4 is 0 Å². The van der Waals surface area contributed by atoms with Gasteiger partial charge in [0.2, 0.25) is 0 Å². The Bertz CT molecular complexity index is 557. The molecular formula is C12H8N2O2S. The van der Waals surface area contributed by atoms with Crippen molar-refractivity contribution in [3.63, 3.8) is 0 Å². The summed E-state index contributed by atoms with van der Waals surface area (Å²) in [4.78, 5) is 30.1. The molecule has 2 amide bonds. The molecule has 0 bridgehead atoms. The van der Waals surface area contributed by atoms with E-state index in [0.29, 0.717) is 17.7 Å². The van der Waals surface area contributed by atoms with E-state index >= 15 is 0 Å². The van der Waals surface area contributed by atoms with Gasteiger partial charge in [-0.25, -0.2) is 0 Å². The van der Waals surface area contributed by atoms with Gasteiger partial charge < -0.3 is 0 Å². The average Bonchev–Trinajstić information content (AvgIpc) is 2.94. The Morgan fingerprint density at radius 2 is 1.76 bits per heavy atom. The van der Waals surface area contributed by atoms with Crippen LogP contribution in [0.25, 0.3) is 0 Å². The Morgan fingerprint density at radius 3 is 2.29 bits per heavy atom. The summed E-state index contributed by atoms with van der Waals surface area (Å²) >= 11 is 1.44. The average molecular weight is 244 g/mol. The van der Waals surface area contributed by atoms with Crippen LogP contribution in [0.4, 0.5) is 0 Å². The molecule has 0 unspecified atom stereocenters. The lowest BCUT2D eigenvalue weighted by atomic mass is 10.1. The maximum atomic E-state index is 12.0. The highest BCUT2D eigenvalue weighted by Gasteiger charge is 2.35. The molecule has 3 rings (SSSR count). The largest absolute Gasteiger partial charge is 0.269 e. The van der Waals surface area contributed by atoms with Gasteiger partial charge in [0.05, 0.1) is 23.2 Å². The van der Waals surface area contributed by atoms with Gasteiger partial charge in [-0.1, -0.05) is 12.1 Å². The normalized spacial score (nSPS) is 14.2. The first-order valence-electron chi connectivity index (χ1n) is 5.10. The molecule has 1 aliphatic rings. The molecule has 0 N–H and O–H groups in total. The van der Waals surface area contributed by atoms with E-state index in [0.717, 1.165) is 4.88 Å². The van der Waals surface area contributed by atoms with E-state index < -0.39 is 0 Å². The van der Waals surface area contributed by atoms with Crippen molar-refractivity contribution in [1.82, 2.24) is 9.88 Å². The fourth-order valence-electron chi connectivity index (χ4n) is 1.86. The summed E-state index contributed by atoms with van der Waals surface area (Å²) in [6.45, 7) is 0.303. The Balaban J connectivity index is 1.95. The third-order valence-electron chi connectivity index (χ3n) is 2.68. The zero-order valence-corrected chi connectivity index (χ0v) is 9.61. The summed E-state index contributed by atoms with van der Waals surface area (Å²) in [6.07, 6.45) is 1.67. The van der Waals surface area contributed by atoms with Gasteiger partial charge in [-0.15, -0.1) is 11.3 Å². The predicted octanol–water partition coefficient (Wildman–Crippen LogP) is 1.94. The van der Waals surface area contributed by atoms with Crippen molar-refractivity contribution >= 4 is 23.2 Å². The minimum Gasteiger partial charge on any atom is -0.269 e. The minimum absolute atomic E-state index is 0.223. The molecule has 0 aliphatic carbocycles. The molecule has 5 heteroatoms. The van der Waals surface area contributed by atoms with Crippen LogP contribution in [0.3, 0.4) is 0 Å². The van der Waals surface area contributed by atoms with Crippen molar-refractivity contribution < 1.29 is 9.59 Å². The molecule has 1 aliphatic heterocycles. The minimum atomic E-state index is -0.223. The number of benzene rings is 1. The highest BCUT2D eigenvalue weighted by molar-refractivity contribution is 7.09. The van der Waals surface area contributed by atoms with E-state index in [1.54, 1.807) is 36.0 Å². The number of hydrogen-bond acceptors (Lipinski definition) is 4. The molecule has 1 aromatic carbocycles. The number of rotatable bonds is 2. The number of nitrogens with zero attached hydrogens (tertiary/aromatic N) is 2. The fraction of sp³-hybridized carbons (Fsp3) is 0.0833.